The fourth-order valence-corrected chi connectivity index (χ4v) is 6.75. The first-order valence-corrected chi connectivity index (χ1v) is 14.2. The molecule has 3 saturated carbocycles. The molecule has 0 aromatic carbocycles. The molecule has 1 heterocycles. The van der Waals surface area contributed by atoms with Gasteiger partial charge in [0.2, 0.25) is 5.91 Å². The molecule has 2 bridgehead atoms. The molecule has 6 heteroatoms. The number of rotatable bonds is 15. The number of nitrogens with one attached hydrogen (secondary N) is 1. The van der Waals surface area contributed by atoms with Crippen LogP contribution < -0.4 is 5.32 Å². The summed E-state index contributed by atoms with van der Waals surface area (Å²) < 4.78 is 13.1. The first-order valence-electron chi connectivity index (χ1n) is 14.2. The Labute approximate surface area is 209 Å². The van der Waals surface area contributed by atoms with Gasteiger partial charge >= 0.3 is 7.12 Å². The molecule has 4 rings (SSSR count). The van der Waals surface area contributed by atoms with Crippen LogP contribution >= 0.6 is 0 Å². The summed E-state index contributed by atoms with van der Waals surface area (Å²) in [5, 5.41) is 3.18. The number of ketones is 1. The molecule has 0 radical (unpaired) electrons. The maximum Gasteiger partial charge on any atom is 0.481 e. The zero-order valence-corrected chi connectivity index (χ0v) is 22.8. The molecule has 4 aliphatic rings. The highest BCUT2D eigenvalue weighted by Crippen LogP contribution is 2.65. The van der Waals surface area contributed by atoms with E-state index in [1.807, 2.05) is 0 Å². The molecule has 0 spiro atoms. The summed E-state index contributed by atoms with van der Waals surface area (Å²) in [7, 11) is -0.403. The number of Topliss-reactive ketones (excluding diaryl/α,β-unsaturated/α-hetero) is 1. The van der Waals surface area contributed by atoms with Gasteiger partial charge in [-0.25, -0.2) is 0 Å². The zero-order valence-electron chi connectivity index (χ0n) is 22.8. The van der Waals surface area contributed by atoms with E-state index in [0.717, 1.165) is 25.7 Å². The van der Waals surface area contributed by atoms with Crippen molar-refractivity contribution in [1.29, 1.82) is 0 Å². The number of hydrogen-bond donors (Lipinski definition) is 1. The molecule has 34 heavy (non-hydrogen) atoms. The van der Waals surface area contributed by atoms with Gasteiger partial charge < -0.3 is 14.6 Å². The van der Waals surface area contributed by atoms with Gasteiger partial charge in [-0.2, -0.15) is 0 Å². The van der Waals surface area contributed by atoms with Crippen LogP contribution in [0.25, 0.3) is 0 Å². The van der Waals surface area contributed by atoms with E-state index in [2.05, 4.69) is 46.9 Å². The van der Waals surface area contributed by atoms with Crippen LogP contribution in [0.15, 0.2) is 0 Å². The van der Waals surface area contributed by atoms with Gasteiger partial charge in [-0.1, -0.05) is 73.1 Å². The van der Waals surface area contributed by atoms with Gasteiger partial charge in [-0.05, 0) is 55.8 Å². The molecule has 1 amide bonds. The summed E-state index contributed by atoms with van der Waals surface area (Å²) in [5.41, 5.74) is 0.0333. The van der Waals surface area contributed by atoms with Crippen LogP contribution in [0.5, 0.6) is 0 Å². The van der Waals surface area contributed by atoms with Crippen molar-refractivity contribution in [2.75, 3.05) is 0 Å². The summed E-state index contributed by atoms with van der Waals surface area (Å²) in [6.07, 6.45) is 12.8. The molecule has 1 N–H and O–H groups in total. The van der Waals surface area contributed by atoms with Crippen molar-refractivity contribution in [3.8, 4) is 0 Å². The van der Waals surface area contributed by atoms with Crippen LogP contribution in [0.4, 0.5) is 0 Å². The summed E-state index contributed by atoms with van der Waals surface area (Å²) >= 11 is 0. The Morgan fingerprint density at radius 3 is 2.29 bits per heavy atom. The lowest BCUT2D eigenvalue weighted by Gasteiger charge is -2.64. The highest BCUT2D eigenvalue weighted by atomic mass is 16.7. The van der Waals surface area contributed by atoms with Crippen molar-refractivity contribution in [3.63, 3.8) is 0 Å². The third kappa shape index (κ3) is 6.46. The molecule has 0 unspecified atom stereocenters. The molecule has 3 aliphatic carbocycles. The second-order valence-corrected chi connectivity index (χ2v) is 12.6. The zero-order chi connectivity index (χ0) is 24.9. The second-order valence-electron chi connectivity index (χ2n) is 12.6. The van der Waals surface area contributed by atoms with E-state index in [9.17, 15) is 9.59 Å². The minimum atomic E-state index is -0.403. The summed E-state index contributed by atoms with van der Waals surface area (Å²) in [4.78, 5) is 25.1. The van der Waals surface area contributed by atoms with Crippen molar-refractivity contribution in [2.24, 2.45) is 23.2 Å². The van der Waals surface area contributed by atoms with Gasteiger partial charge in [-0.15, -0.1) is 0 Å². The van der Waals surface area contributed by atoms with Crippen LogP contribution in [-0.4, -0.2) is 36.5 Å². The molecule has 5 nitrogen and oxygen atoms in total. The molecule has 1 aliphatic heterocycles. The number of amides is 1. The monoisotopic (exact) mass is 475 g/mol. The Kier molecular flexibility index (Phi) is 9.70. The van der Waals surface area contributed by atoms with Gasteiger partial charge in [0.1, 0.15) is 5.78 Å². The Hall–Kier alpha value is -0.875. The van der Waals surface area contributed by atoms with Gasteiger partial charge in [0.05, 0.1) is 17.6 Å². The van der Waals surface area contributed by atoms with E-state index >= 15 is 0 Å². The summed E-state index contributed by atoms with van der Waals surface area (Å²) in [5.74, 6) is 1.60. The first-order chi connectivity index (χ1) is 16.1. The maximum absolute atomic E-state index is 12.8. The van der Waals surface area contributed by atoms with Crippen molar-refractivity contribution >= 4 is 18.8 Å². The molecule has 0 aromatic heterocycles. The van der Waals surface area contributed by atoms with Crippen LogP contribution in [-0.2, 0) is 18.9 Å². The molecular formula is C28H50BNO4. The predicted molar refractivity (Wildman–Crippen MR) is 138 cm³/mol. The fourth-order valence-electron chi connectivity index (χ4n) is 6.75. The van der Waals surface area contributed by atoms with Crippen molar-refractivity contribution in [3.05, 3.63) is 0 Å². The molecule has 1 saturated heterocycles. The minimum Gasteiger partial charge on any atom is -0.404 e. The molecule has 194 valence electrons. The standard InChI is InChI=1S/C28H50BNO4/c1-7-8-9-10-11-12-13-14-22(31)15-16-26(32)30-25(17-20(2)3)29-33-24-19-21-18-23(27(21,4)5)28(24,6)34-29/h20-21,23-25H,7-19H2,1-6H3,(H,30,32)/t21-,23-,24-,25+,28+/m1/s1. The van der Waals surface area contributed by atoms with Crippen LogP contribution in [0, 0.1) is 23.2 Å². The third-order valence-corrected chi connectivity index (χ3v) is 9.06. The molecular weight excluding hydrogens is 425 g/mol. The second kappa shape index (κ2) is 11.9. The van der Waals surface area contributed by atoms with E-state index in [1.165, 1.54) is 38.5 Å². The lowest BCUT2D eigenvalue weighted by molar-refractivity contribution is -0.199. The average Bonchev–Trinajstić information content (AvgIpc) is 3.13. The average molecular weight is 476 g/mol. The van der Waals surface area contributed by atoms with Crippen molar-refractivity contribution in [2.45, 2.75) is 143 Å². The molecule has 0 aromatic rings. The van der Waals surface area contributed by atoms with E-state index in [1.54, 1.807) is 0 Å². The van der Waals surface area contributed by atoms with Gasteiger partial charge in [0, 0.05) is 19.3 Å². The van der Waals surface area contributed by atoms with Gasteiger partial charge in [0.15, 0.2) is 0 Å². The Morgan fingerprint density at radius 2 is 1.65 bits per heavy atom. The molecule has 4 fully saturated rings. The van der Waals surface area contributed by atoms with Crippen molar-refractivity contribution < 1.29 is 18.9 Å². The highest BCUT2D eigenvalue weighted by molar-refractivity contribution is 6.47. The fraction of sp³-hybridized carbons (Fsp3) is 0.929. The SMILES string of the molecule is CCCCCCCCCC(=O)CCC(=O)N[C@@H](CC(C)C)B1O[C@@H]2C[C@H]3C[C@H](C3(C)C)[C@]2(C)O1. The minimum absolute atomic E-state index is 0.0598. The Morgan fingerprint density at radius 1 is 0.971 bits per heavy atom. The lowest BCUT2D eigenvalue weighted by atomic mass is 9.43. The summed E-state index contributed by atoms with van der Waals surface area (Å²) in [6.45, 7) is 13.5. The van der Waals surface area contributed by atoms with Crippen LogP contribution in [0.1, 0.15) is 125 Å². The topological polar surface area (TPSA) is 64.6 Å². The number of unbranched alkanes of at least 4 members (excludes halogenated alkanes) is 6. The molecule has 5 atom stereocenters. The number of hydrogen-bond acceptors (Lipinski definition) is 4. The third-order valence-electron chi connectivity index (χ3n) is 9.06. The normalized spacial score (nSPS) is 30.1. The summed E-state index contributed by atoms with van der Waals surface area (Å²) in [6, 6.07) is 0. The van der Waals surface area contributed by atoms with E-state index in [0.29, 0.717) is 36.0 Å². The maximum atomic E-state index is 12.8. The highest BCUT2D eigenvalue weighted by Gasteiger charge is 2.68. The van der Waals surface area contributed by atoms with Gasteiger partial charge in [0.25, 0.3) is 0 Å². The largest absolute Gasteiger partial charge is 0.481 e. The Balaban J connectivity index is 1.43. The van der Waals surface area contributed by atoms with E-state index < -0.39 is 7.12 Å². The van der Waals surface area contributed by atoms with Gasteiger partial charge in [-0.3, -0.25) is 9.59 Å². The smallest absolute Gasteiger partial charge is 0.404 e. The predicted octanol–water partition coefficient (Wildman–Crippen LogP) is 6.27. The van der Waals surface area contributed by atoms with Crippen LogP contribution in [0.3, 0.4) is 0 Å². The van der Waals surface area contributed by atoms with E-state index in [-0.39, 0.29) is 35.8 Å². The number of carbonyl (C=O) groups excluding carboxylic acids is 2. The lowest BCUT2D eigenvalue weighted by Crippen LogP contribution is -2.65. The quantitative estimate of drug-likeness (QED) is 0.224. The van der Waals surface area contributed by atoms with Crippen molar-refractivity contribution in [1.82, 2.24) is 5.32 Å². The Bertz CT molecular complexity index is 696. The van der Waals surface area contributed by atoms with Crippen LogP contribution in [0.2, 0.25) is 0 Å². The number of carbonyl (C=O) groups is 2. The first kappa shape index (κ1) is 27.7. The van der Waals surface area contributed by atoms with E-state index in [4.69, 9.17) is 9.31 Å².